The molecule has 0 saturated carbocycles. The van der Waals surface area contributed by atoms with Gasteiger partial charge in [0.15, 0.2) is 11.5 Å². The van der Waals surface area contributed by atoms with Crippen molar-refractivity contribution >= 4 is 39.2 Å². The zero-order valence-corrected chi connectivity index (χ0v) is 15.3. The molecule has 0 amide bonds. The Kier molecular flexibility index (Phi) is 3.16. The summed E-state index contributed by atoms with van der Waals surface area (Å²) in [5.74, 6) is 0.726. The first-order valence-corrected chi connectivity index (χ1v) is 9.25. The highest BCUT2D eigenvalue weighted by Gasteiger charge is 2.21. The molecule has 2 aromatic carbocycles. The molecule has 5 nitrogen and oxygen atoms in total. The SMILES string of the molecule is Clc1ccc2nc3n4c(nnc-3c2c1)c(-c1ccccc1)cc1cccnc14. The van der Waals surface area contributed by atoms with Gasteiger partial charge in [-0.25, -0.2) is 9.97 Å². The highest BCUT2D eigenvalue weighted by Crippen LogP contribution is 2.35. The minimum Gasteiger partial charge on any atom is -0.258 e. The molecule has 2 aliphatic heterocycles. The van der Waals surface area contributed by atoms with Crippen LogP contribution in [0.4, 0.5) is 0 Å². The van der Waals surface area contributed by atoms with E-state index in [1.807, 2.05) is 52.9 Å². The van der Waals surface area contributed by atoms with Crippen LogP contribution < -0.4 is 0 Å². The van der Waals surface area contributed by atoms with Gasteiger partial charge in [0.25, 0.3) is 0 Å². The molecule has 0 saturated heterocycles. The number of rotatable bonds is 1. The second-order valence-electron chi connectivity index (χ2n) is 6.64. The smallest absolute Gasteiger partial charge is 0.170 e. The van der Waals surface area contributed by atoms with Crippen LogP contribution >= 0.6 is 11.6 Å². The first-order valence-electron chi connectivity index (χ1n) is 8.87. The van der Waals surface area contributed by atoms with Crippen LogP contribution in [0.1, 0.15) is 0 Å². The summed E-state index contributed by atoms with van der Waals surface area (Å²) in [6.45, 7) is 0. The van der Waals surface area contributed by atoms with Crippen LogP contribution in [0.5, 0.6) is 0 Å². The van der Waals surface area contributed by atoms with Crippen molar-refractivity contribution in [3.63, 3.8) is 0 Å². The second-order valence-corrected chi connectivity index (χ2v) is 7.08. The normalized spacial score (nSPS) is 11.8. The van der Waals surface area contributed by atoms with Crippen LogP contribution in [-0.2, 0) is 0 Å². The first-order chi connectivity index (χ1) is 13.8. The highest BCUT2D eigenvalue weighted by molar-refractivity contribution is 6.31. The van der Waals surface area contributed by atoms with E-state index in [1.54, 1.807) is 6.20 Å². The van der Waals surface area contributed by atoms with Crippen molar-refractivity contribution in [1.82, 2.24) is 24.6 Å². The van der Waals surface area contributed by atoms with Gasteiger partial charge in [-0.1, -0.05) is 41.9 Å². The Hall–Kier alpha value is -3.57. The van der Waals surface area contributed by atoms with Crippen LogP contribution in [0.15, 0.2) is 72.9 Å². The van der Waals surface area contributed by atoms with E-state index in [4.69, 9.17) is 16.6 Å². The largest absolute Gasteiger partial charge is 0.258 e. The maximum absolute atomic E-state index is 6.20. The van der Waals surface area contributed by atoms with Crippen molar-refractivity contribution in [2.24, 2.45) is 0 Å². The van der Waals surface area contributed by atoms with E-state index < -0.39 is 0 Å². The van der Waals surface area contributed by atoms with Gasteiger partial charge in [-0.15, -0.1) is 10.2 Å². The first kappa shape index (κ1) is 15.5. The third-order valence-electron chi connectivity index (χ3n) is 4.97. The second kappa shape index (κ2) is 5.71. The van der Waals surface area contributed by atoms with E-state index in [9.17, 15) is 0 Å². The number of nitrogens with zero attached hydrogens (tertiary/aromatic N) is 5. The van der Waals surface area contributed by atoms with E-state index in [1.165, 1.54) is 0 Å². The number of aromatic nitrogens is 5. The molecule has 132 valence electrons. The maximum atomic E-state index is 6.20. The summed E-state index contributed by atoms with van der Waals surface area (Å²) in [7, 11) is 0. The number of pyridine rings is 2. The van der Waals surface area contributed by atoms with E-state index in [0.717, 1.165) is 44.5 Å². The molecule has 0 atom stereocenters. The molecular weight excluding hydrogens is 370 g/mol. The lowest BCUT2D eigenvalue weighted by molar-refractivity contribution is 0.976. The monoisotopic (exact) mass is 381 g/mol. The standard InChI is InChI=1S/C22H12ClN5/c23-15-8-9-18-17(12-15)19-22(25-18)28-20-14(7-4-10-24-20)11-16(21(28)27-26-19)13-5-2-1-3-6-13/h1-12H. The number of hydrogen-bond donors (Lipinski definition) is 0. The van der Waals surface area contributed by atoms with Crippen molar-refractivity contribution in [2.45, 2.75) is 0 Å². The fourth-order valence-corrected chi connectivity index (χ4v) is 3.89. The lowest BCUT2D eigenvalue weighted by Gasteiger charge is -2.13. The topological polar surface area (TPSA) is 56.0 Å². The van der Waals surface area contributed by atoms with Gasteiger partial charge in [0, 0.05) is 27.6 Å². The summed E-state index contributed by atoms with van der Waals surface area (Å²) < 4.78 is 1.99. The summed E-state index contributed by atoms with van der Waals surface area (Å²) in [4.78, 5) is 9.44. The molecule has 6 rings (SSSR count). The predicted octanol–water partition coefficient (Wildman–Crippen LogP) is 5.25. The van der Waals surface area contributed by atoms with Crippen molar-refractivity contribution in [3.05, 3.63) is 77.9 Å². The van der Waals surface area contributed by atoms with Gasteiger partial charge in [0.1, 0.15) is 11.3 Å². The van der Waals surface area contributed by atoms with Crippen LogP contribution in [0, 0.1) is 0 Å². The van der Waals surface area contributed by atoms with Gasteiger partial charge in [-0.2, -0.15) is 0 Å². The van der Waals surface area contributed by atoms with Crippen molar-refractivity contribution in [1.29, 1.82) is 0 Å². The molecule has 0 aliphatic carbocycles. The molecule has 0 unspecified atom stereocenters. The molecule has 0 fully saturated rings. The fraction of sp³-hybridized carbons (Fsp3) is 0. The molecule has 0 bridgehead atoms. The molecule has 2 aliphatic rings. The zero-order valence-electron chi connectivity index (χ0n) is 14.5. The lowest BCUT2D eigenvalue weighted by Crippen LogP contribution is -2.05. The Bertz CT molecular complexity index is 1470. The number of hydrogen-bond acceptors (Lipinski definition) is 4. The summed E-state index contributed by atoms with van der Waals surface area (Å²) >= 11 is 6.20. The van der Waals surface area contributed by atoms with Gasteiger partial charge < -0.3 is 0 Å². The van der Waals surface area contributed by atoms with Gasteiger partial charge in [0.05, 0.1) is 5.52 Å². The Morgan fingerprint density at radius 3 is 2.61 bits per heavy atom. The van der Waals surface area contributed by atoms with E-state index in [-0.39, 0.29) is 0 Å². The molecule has 28 heavy (non-hydrogen) atoms. The average Bonchev–Trinajstić information content (AvgIpc) is 3.11. The molecule has 2 aromatic heterocycles. The molecule has 4 aromatic rings. The van der Waals surface area contributed by atoms with Crippen LogP contribution in [-0.4, -0.2) is 24.6 Å². The molecular formula is C22H12ClN5. The summed E-state index contributed by atoms with van der Waals surface area (Å²) in [6.07, 6.45) is 1.78. The van der Waals surface area contributed by atoms with E-state index >= 15 is 0 Å². The minimum atomic E-state index is 0.648. The predicted molar refractivity (Wildman–Crippen MR) is 111 cm³/mol. The maximum Gasteiger partial charge on any atom is 0.170 e. The summed E-state index contributed by atoms with van der Waals surface area (Å²) in [5, 5.41) is 11.6. The van der Waals surface area contributed by atoms with Gasteiger partial charge in [-0.05, 0) is 42.0 Å². The Morgan fingerprint density at radius 2 is 1.71 bits per heavy atom. The number of halogens is 1. The van der Waals surface area contributed by atoms with Crippen molar-refractivity contribution < 1.29 is 0 Å². The molecule has 0 N–H and O–H groups in total. The lowest BCUT2D eigenvalue weighted by atomic mass is 10.1. The number of fused-ring (bicyclic) bond motifs is 7. The van der Waals surface area contributed by atoms with Crippen LogP contribution in [0.25, 0.3) is 50.2 Å². The third kappa shape index (κ3) is 2.14. The Labute approximate surface area is 164 Å². The zero-order chi connectivity index (χ0) is 18.7. The van der Waals surface area contributed by atoms with Gasteiger partial charge in [-0.3, -0.25) is 4.40 Å². The Morgan fingerprint density at radius 1 is 0.821 bits per heavy atom. The van der Waals surface area contributed by atoms with E-state index in [2.05, 4.69) is 33.4 Å². The highest BCUT2D eigenvalue weighted by atomic mass is 35.5. The average molecular weight is 382 g/mol. The number of benzene rings is 2. The van der Waals surface area contributed by atoms with Crippen LogP contribution in [0.2, 0.25) is 5.02 Å². The molecule has 4 heterocycles. The van der Waals surface area contributed by atoms with Crippen molar-refractivity contribution in [3.8, 4) is 22.6 Å². The fourth-order valence-electron chi connectivity index (χ4n) is 3.71. The Balaban J connectivity index is 1.85. The molecule has 0 radical (unpaired) electrons. The minimum absolute atomic E-state index is 0.648. The molecule has 0 spiro atoms. The van der Waals surface area contributed by atoms with Crippen molar-refractivity contribution in [2.75, 3.05) is 0 Å². The van der Waals surface area contributed by atoms with Gasteiger partial charge in [0.2, 0.25) is 0 Å². The summed E-state index contributed by atoms with van der Waals surface area (Å²) in [6, 6.07) is 21.9. The summed E-state index contributed by atoms with van der Waals surface area (Å²) in [5.41, 5.74) is 5.12. The third-order valence-corrected chi connectivity index (χ3v) is 5.21. The molecule has 6 heteroatoms. The van der Waals surface area contributed by atoms with Crippen LogP contribution in [0.3, 0.4) is 0 Å². The van der Waals surface area contributed by atoms with Gasteiger partial charge >= 0.3 is 0 Å². The van der Waals surface area contributed by atoms with E-state index in [0.29, 0.717) is 10.7 Å². The quantitative estimate of drug-likeness (QED) is 0.365.